The molecule has 0 aromatic rings. The average Bonchev–Trinajstić information content (AvgIpc) is 2.19. The Balaban J connectivity index is 2.01. The monoisotopic (exact) mass is 185 g/mol. The molecule has 0 radical (unpaired) electrons. The maximum absolute atomic E-state index is 10.8. The second kappa shape index (κ2) is 5.97. The Morgan fingerprint density at radius 2 is 2.38 bits per heavy atom. The van der Waals surface area contributed by atoms with Crippen LogP contribution in [0.5, 0.6) is 0 Å². The highest BCUT2D eigenvalue weighted by Crippen LogP contribution is 2.09. The fourth-order valence-electron chi connectivity index (χ4n) is 1.59. The molecule has 1 fully saturated rings. The van der Waals surface area contributed by atoms with Gasteiger partial charge in [-0.15, -0.1) is 0 Å². The van der Waals surface area contributed by atoms with Gasteiger partial charge < -0.3 is 10.1 Å². The zero-order chi connectivity index (χ0) is 9.52. The number of carbonyl (C=O) groups is 1. The molecule has 0 amide bonds. The molecule has 1 N–H and O–H groups in total. The third-order valence-corrected chi connectivity index (χ3v) is 2.43. The van der Waals surface area contributed by atoms with Crippen LogP contribution in [0, 0.1) is 0 Å². The van der Waals surface area contributed by atoms with Crippen molar-refractivity contribution in [3.63, 3.8) is 0 Å². The first kappa shape index (κ1) is 10.5. The van der Waals surface area contributed by atoms with Crippen LogP contribution >= 0.6 is 0 Å². The number of rotatable bonds is 4. The minimum atomic E-state index is -0.0872. The molecule has 1 rings (SSSR count). The average molecular weight is 185 g/mol. The highest BCUT2D eigenvalue weighted by atomic mass is 16.5. The highest BCUT2D eigenvalue weighted by Gasteiger charge is 2.12. The molecule has 76 valence electrons. The third kappa shape index (κ3) is 4.27. The molecular formula is C10H19NO2. The zero-order valence-electron chi connectivity index (χ0n) is 8.34. The normalized spacial score (nSPS) is 22.7. The van der Waals surface area contributed by atoms with E-state index in [1.54, 1.807) is 0 Å². The van der Waals surface area contributed by atoms with Crippen LogP contribution in [0.1, 0.15) is 39.0 Å². The van der Waals surface area contributed by atoms with E-state index in [-0.39, 0.29) is 5.97 Å². The largest absolute Gasteiger partial charge is 0.466 e. The van der Waals surface area contributed by atoms with Crippen molar-refractivity contribution in [1.82, 2.24) is 5.32 Å². The quantitative estimate of drug-likeness (QED) is 0.674. The molecule has 13 heavy (non-hydrogen) atoms. The fraction of sp³-hybridized carbons (Fsp3) is 0.900. The van der Waals surface area contributed by atoms with Gasteiger partial charge in [0.2, 0.25) is 0 Å². The summed E-state index contributed by atoms with van der Waals surface area (Å²) in [7, 11) is 0. The van der Waals surface area contributed by atoms with E-state index in [1.165, 1.54) is 19.3 Å². The predicted molar refractivity (Wildman–Crippen MR) is 51.5 cm³/mol. The minimum Gasteiger partial charge on any atom is -0.466 e. The summed E-state index contributed by atoms with van der Waals surface area (Å²) in [6.07, 6.45) is 5.26. The van der Waals surface area contributed by atoms with Gasteiger partial charge in [-0.1, -0.05) is 13.3 Å². The van der Waals surface area contributed by atoms with Gasteiger partial charge in [0.1, 0.15) is 0 Å². The second-order valence-electron chi connectivity index (χ2n) is 3.51. The van der Waals surface area contributed by atoms with Gasteiger partial charge >= 0.3 is 5.97 Å². The van der Waals surface area contributed by atoms with Crippen LogP contribution in [-0.4, -0.2) is 25.2 Å². The van der Waals surface area contributed by atoms with Gasteiger partial charge in [-0.2, -0.15) is 0 Å². The maximum atomic E-state index is 10.8. The van der Waals surface area contributed by atoms with E-state index in [0.717, 1.165) is 13.0 Å². The van der Waals surface area contributed by atoms with Crippen molar-refractivity contribution in [1.29, 1.82) is 0 Å². The highest BCUT2D eigenvalue weighted by molar-refractivity contribution is 5.68. The minimum absolute atomic E-state index is 0.0872. The second-order valence-corrected chi connectivity index (χ2v) is 3.51. The number of hydrogen-bond acceptors (Lipinski definition) is 3. The molecule has 0 unspecified atom stereocenters. The van der Waals surface area contributed by atoms with Crippen LogP contribution in [0.3, 0.4) is 0 Å². The summed E-state index contributed by atoms with van der Waals surface area (Å²) in [4.78, 5) is 10.8. The predicted octanol–water partition coefficient (Wildman–Crippen LogP) is 1.47. The summed E-state index contributed by atoms with van der Waals surface area (Å²) >= 11 is 0. The van der Waals surface area contributed by atoms with Crippen molar-refractivity contribution in [3.05, 3.63) is 0 Å². The van der Waals surface area contributed by atoms with E-state index in [0.29, 0.717) is 19.1 Å². The van der Waals surface area contributed by atoms with E-state index < -0.39 is 0 Å². The Bertz CT molecular complexity index is 153. The first-order chi connectivity index (χ1) is 6.33. The van der Waals surface area contributed by atoms with E-state index in [2.05, 4.69) is 5.32 Å². The summed E-state index contributed by atoms with van der Waals surface area (Å²) in [6, 6.07) is 0.568. The summed E-state index contributed by atoms with van der Waals surface area (Å²) < 4.78 is 5.01. The summed E-state index contributed by atoms with van der Waals surface area (Å²) in [5, 5.41) is 3.42. The van der Waals surface area contributed by atoms with Crippen LogP contribution in [0.15, 0.2) is 0 Å². The number of carbonyl (C=O) groups excluding carboxylic acids is 1. The maximum Gasteiger partial charge on any atom is 0.305 e. The van der Waals surface area contributed by atoms with Crippen LogP contribution in [0.4, 0.5) is 0 Å². The molecule has 0 bridgehead atoms. The van der Waals surface area contributed by atoms with Gasteiger partial charge in [-0.3, -0.25) is 4.79 Å². The molecule has 1 heterocycles. The van der Waals surface area contributed by atoms with Crippen molar-refractivity contribution in [2.75, 3.05) is 13.2 Å². The van der Waals surface area contributed by atoms with Gasteiger partial charge in [0.15, 0.2) is 0 Å². The molecule has 3 heteroatoms. The lowest BCUT2D eigenvalue weighted by Gasteiger charge is -2.22. The standard InChI is InChI=1S/C10H19NO2/c1-2-10(12)13-8-6-9-5-3-4-7-11-9/h9,11H,2-8H2,1H3/t9-/m1/s1. The molecule has 1 aliphatic heterocycles. The van der Waals surface area contributed by atoms with Crippen molar-refractivity contribution in [2.45, 2.75) is 45.1 Å². The number of nitrogens with one attached hydrogen (secondary N) is 1. The van der Waals surface area contributed by atoms with Crippen molar-refractivity contribution < 1.29 is 9.53 Å². The Labute approximate surface area is 79.8 Å². The van der Waals surface area contributed by atoms with Gasteiger partial charge in [0.25, 0.3) is 0 Å². The lowest BCUT2D eigenvalue weighted by atomic mass is 10.0. The summed E-state index contributed by atoms with van der Waals surface area (Å²) in [5.41, 5.74) is 0. The number of piperidine rings is 1. The molecule has 0 aliphatic carbocycles. The third-order valence-electron chi connectivity index (χ3n) is 2.43. The molecule has 1 saturated heterocycles. The fourth-order valence-corrected chi connectivity index (χ4v) is 1.59. The molecule has 3 nitrogen and oxygen atoms in total. The van der Waals surface area contributed by atoms with Crippen LogP contribution in [0.2, 0.25) is 0 Å². The Morgan fingerprint density at radius 1 is 1.54 bits per heavy atom. The van der Waals surface area contributed by atoms with Crippen LogP contribution < -0.4 is 5.32 Å². The van der Waals surface area contributed by atoms with Crippen molar-refractivity contribution >= 4 is 5.97 Å². The molecule has 0 aromatic carbocycles. The van der Waals surface area contributed by atoms with E-state index in [9.17, 15) is 4.79 Å². The first-order valence-corrected chi connectivity index (χ1v) is 5.22. The number of ether oxygens (including phenoxy) is 1. The van der Waals surface area contributed by atoms with Gasteiger partial charge in [0, 0.05) is 12.5 Å². The van der Waals surface area contributed by atoms with Crippen LogP contribution in [-0.2, 0) is 9.53 Å². The Kier molecular flexibility index (Phi) is 4.83. The molecule has 0 saturated carbocycles. The van der Waals surface area contributed by atoms with E-state index >= 15 is 0 Å². The van der Waals surface area contributed by atoms with Crippen molar-refractivity contribution in [3.8, 4) is 0 Å². The number of hydrogen-bond donors (Lipinski definition) is 1. The topological polar surface area (TPSA) is 38.3 Å². The van der Waals surface area contributed by atoms with Gasteiger partial charge in [-0.05, 0) is 25.8 Å². The van der Waals surface area contributed by atoms with Gasteiger partial charge in [0.05, 0.1) is 6.61 Å². The van der Waals surface area contributed by atoms with Gasteiger partial charge in [-0.25, -0.2) is 0 Å². The SMILES string of the molecule is CCC(=O)OCC[C@H]1CCCCN1. The lowest BCUT2D eigenvalue weighted by molar-refractivity contribution is -0.143. The van der Waals surface area contributed by atoms with E-state index in [4.69, 9.17) is 4.74 Å². The molecule has 1 aliphatic rings. The van der Waals surface area contributed by atoms with Crippen LogP contribution in [0.25, 0.3) is 0 Å². The summed E-state index contributed by atoms with van der Waals surface area (Å²) in [5.74, 6) is -0.0872. The molecule has 0 aromatic heterocycles. The number of esters is 1. The lowest BCUT2D eigenvalue weighted by Crippen LogP contribution is -2.34. The smallest absolute Gasteiger partial charge is 0.305 e. The van der Waals surface area contributed by atoms with E-state index in [1.807, 2.05) is 6.92 Å². The molecule has 0 spiro atoms. The molecule has 1 atom stereocenters. The zero-order valence-corrected chi connectivity index (χ0v) is 8.34. The Morgan fingerprint density at radius 3 is 3.00 bits per heavy atom. The van der Waals surface area contributed by atoms with Crippen molar-refractivity contribution in [2.24, 2.45) is 0 Å². The Hall–Kier alpha value is -0.570. The first-order valence-electron chi connectivity index (χ1n) is 5.22. The summed E-state index contributed by atoms with van der Waals surface area (Å²) in [6.45, 7) is 3.51. The molecular weight excluding hydrogens is 166 g/mol.